The van der Waals surface area contributed by atoms with E-state index < -0.39 is 0 Å². The number of hydrogen-bond donors (Lipinski definition) is 2. The van der Waals surface area contributed by atoms with Gasteiger partial charge in [-0.3, -0.25) is 4.79 Å². The van der Waals surface area contributed by atoms with Crippen LogP contribution in [0.1, 0.15) is 53.0 Å². The number of piperidine rings is 1. The van der Waals surface area contributed by atoms with Crippen molar-refractivity contribution in [1.29, 1.82) is 0 Å². The van der Waals surface area contributed by atoms with Gasteiger partial charge in [-0.25, -0.2) is 15.0 Å². The van der Waals surface area contributed by atoms with Gasteiger partial charge < -0.3 is 15.2 Å². The molecular weight excluding hydrogens is 436 g/mol. The summed E-state index contributed by atoms with van der Waals surface area (Å²) < 4.78 is 0. The molecule has 2 fully saturated rings. The van der Waals surface area contributed by atoms with Crippen LogP contribution in [0.3, 0.4) is 0 Å². The monoisotopic (exact) mass is 466 g/mol. The maximum atomic E-state index is 13.6. The van der Waals surface area contributed by atoms with E-state index in [9.17, 15) is 4.79 Å². The minimum atomic E-state index is 0.137. The van der Waals surface area contributed by atoms with Gasteiger partial charge in [0.15, 0.2) is 0 Å². The maximum absolute atomic E-state index is 13.6. The average Bonchev–Trinajstić information content (AvgIpc) is 3.41. The molecule has 1 aromatic carbocycles. The Hall–Kier alpha value is -3.74. The fourth-order valence-electron chi connectivity index (χ4n) is 6.09. The van der Waals surface area contributed by atoms with Crippen LogP contribution in [0.4, 0.5) is 11.6 Å². The smallest absolute Gasteiger partial charge is 0.254 e. The van der Waals surface area contributed by atoms with Crippen molar-refractivity contribution in [3.63, 3.8) is 0 Å². The largest absolute Gasteiger partial charge is 0.346 e. The Balaban J connectivity index is 1.17. The molecule has 0 unspecified atom stereocenters. The minimum Gasteiger partial charge on any atom is -0.346 e. The van der Waals surface area contributed by atoms with E-state index in [-0.39, 0.29) is 5.91 Å². The van der Waals surface area contributed by atoms with Gasteiger partial charge in [0.25, 0.3) is 5.91 Å². The van der Waals surface area contributed by atoms with Gasteiger partial charge in [-0.2, -0.15) is 0 Å². The van der Waals surface area contributed by atoms with E-state index in [1.807, 2.05) is 56.6 Å². The third kappa shape index (κ3) is 4.27. The third-order valence-electron chi connectivity index (χ3n) is 7.47. The third-order valence-corrected chi connectivity index (χ3v) is 7.47. The second-order valence-corrected chi connectivity index (χ2v) is 10.0. The number of fused-ring (bicyclic) bond motifs is 3. The SMILES string of the molecule is Cc1cc(C)nc(Nc2cccc(C(=O)N3[C@H]4CC[C@H]3CC(Cc3ccnc5[nH]ccc35)C4)c2)n1. The van der Waals surface area contributed by atoms with Crippen molar-refractivity contribution in [2.45, 2.75) is 58.0 Å². The molecule has 1 amide bonds. The number of aromatic nitrogens is 4. The first-order valence-electron chi connectivity index (χ1n) is 12.5. The van der Waals surface area contributed by atoms with Gasteiger partial charge in [-0.1, -0.05) is 6.07 Å². The van der Waals surface area contributed by atoms with Crippen LogP contribution in [0.5, 0.6) is 0 Å². The van der Waals surface area contributed by atoms with Crippen molar-refractivity contribution in [1.82, 2.24) is 24.8 Å². The maximum Gasteiger partial charge on any atom is 0.254 e. The first-order valence-corrected chi connectivity index (χ1v) is 12.5. The molecule has 0 saturated carbocycles. The summed E-state index contributed by atoms with van der Waals surface area (Å²) in [4.78, 5) is 32.4. The predicted octanol–water partition coefficient (Wildman–Crippen LogP) is 5.34. The van der Waals surface area contributed by atoms with Crippen LogP contribution in [0.2, 0.25) is 0 Å². The van der Waals surface area contributed by atoms with Gasteiger partial charge in [0.1, 0.15) is 5.65 Å². The number of pyridine rings is 1. The molecule has 2 aliphatic heterocycles. The Bertz CT molecular complexity index is 1360. The van der Waals surface area contributed by atoms with Crippen LogP contribution < -0.4 is 5.32 Å². The molecule has 6 rings (SSSR count). The molecule has 2 aliphatic rings. The van der Waals surface area contributed by atoms with Crippen molar-refractivity contribution >= 4 is 28.6 Å². The average molecular weight is 467 g/mol. The van der Waals surface area contributed by atoms with E-state index in [1.165, 1.54) is 10.9 Å². The summed E-state index contributed by atoms with van der Waals surface area (Å²) in [5, 5.41) is 4.49. The molecule has 0 radical (unpaired) electrons. The lowest BCUT2D eigenvalue weighted by Crippen LogP contribution is -2.46. The summed E-state index contributed by atoms with van der Waals surface area (Å²) in [6.07, 6.45) is 9.21. The van der Waals surface area contributed by atoms with E-state index in [2.05, 4.69) is 42.3 Å². The highest BCUT2D eigenvalue weighted by molar-refractivity contribution is 5.96. The van der Waals surface area contributed by atoms with E-state index in [0.717, 1.165) is 60.4 Å². The zero-order valence-corrected chi connectivity index (χ0v) is 20.2. The molecular formula is C28H30N6O. The standard InChI is InChI=1S/C28H30N6O/c1-17-12-18(2)32-28(31-17)33-22-5-3-4-21(16-22)27(35)34-23-6-7-24(34)15-19(14-23)13-20-8-10-29-26-25(20)9-11-30-26/h3-5,8-12,16,19,23-24H,6-7,13-15H2,1-2H3,(H,29,30)(H,31,32,33)/t23-,24-/m0/s1. The number of nitrogens with zero attached hydrogens (tertiary/aromatic N) is 4. The van der Waals surface area contributed by atoms with Gasteiger partial charge in [0, 0.05) is 52.5 Å². The highest BCUT2D eigenvalue weighted by atomic mass is 16.2. The Labute approximate surface area is 205 Å². The van der Waals surface area contributed by atoms with E-state index in [0.29, 0.717) is 23.9 Å². The summed E-state index contributed by atoms with van der Waals surface area (Å²) in [6, 6.07) is 14.6. The number of nitrogens with one attached hydrogen (secondary N) is 2. The summed E-state index contributed by atoms with van der Waals surface area (Å²) >= 11 is 0. The molecule has 7 heteroatoms. The topological polar surface area (TPSA) is 86.8 Å². The zero-order valence-electron chi connectivity index (χ0n) is 20.2. The molecule has 2 bridgehead atoms. The number of H-pyrrole nitrogens is 1. The van der Waals surface area contributed by atoms with Gasteiger partial charge >= 0.3 is 0 Å². The van der Waals surface area contributed by atoms with Gasteiger partial charge in [-0.05, 0) is 93.8 Å². The molecule has 4 aromatic rings. The van der Waals surface area contributed by atoms with Crippen LogP contribution >= 0.6 is 0 Å². The summed E-state index contributed by atoms with van der Waals surface area (Å²) in [7, 11) is 0. The molecule has 178 valence electrons. The van der Waals surface area contributed by atoms with Crippen molar-refractivity contribution in [2.75, 3.05) is 5.32 Å². The lowest BCUT2D eigenvalue weighted by Gasteiger charge is -2.39. The molecule has 7 nitrogen and oxygen atoms in total. The van der Waals surface area contributed by atoms with E-state index in [4.69, 9.17) is 0 Å². The summed E-state index contributed by atoms with van der Waals surface area (Å²) in [6.45, 7) is 3.91. The Morgan fingerprint density at radius 3 is 2.60 bits per heavy atom. The van der Waals surface area contributed by atoms with Crippen molar-refractivity contribution in [3.8, 4) is 0 Å². The number of benzene rings is 1. The molecule has 0 aliphatic carbocycles. The van der Waals surface area contributed by atoms with Gasteiger partial charge in [0.2, 0.25) is 5.95 Å². The van der Waals surface area contributed by atoms with Crippen molar-refractivity contribution in [2.24, 2.45) is 5.92 Å². The quantitative estimate of drug-likeness (QED) is 0.415. The van der Waals surface area contributed by atoms with Crippen LogP contribution in [-0.2, 0) is 6.42 Å². The number of rotatable bonds is 5. The van der Waals surface area contributed by atoms with Crippen LogP contribution in [0, 0.1) is 19.8 Å². The predicted molar refractivity (Wildman–Crippen MR) is 137 cm³/mol. The zero-order chi connectivity index (χ0) is 23.9. The number of aryl methyl sites for hydroxylation is 2. The molecule has 35 heavy (non-hydrogen) atoms. The van der Waals surface area contributed by atoms with Gasteiger partial charge in [-0.15, -0.1) is 0 Å². The van der Waals surface area contributed by atoms with Crippen molar-refractivity contribution < 1.29 is 4.79 Å². The normalized spacial score (nSPS) is 21.4. The lowest BCUT2D eigenvalue weighted by molar-refractivity contribution is 0.0525. The number of anilines is 2. The van der Waals surface area contributed by atoms with Crippen LogP contribution in [0.25, 0.3) is 11.0 Å². The highest BCUT2D eigenvalue weighted by Crippen LogP contribution is 2.41. The summed E-state index contributed by atoms with van der Waals surface area (Å²) in [5.41, 5.74) is 5.69. The second-order valence-electron chi connectivity index (χ2n) is 10.0. The van der Waals surface area contributed by atoms with Crippen molar-refractivity contribution in [3.05, 3.63) is 77.4 Å². The first kappa shape index (κ1) is 21.8. The Kier molecular flexibility index (Phi) is 5.47. The molecule has 3 aromatic heterocycles. The number of hydrogen-bond acceptors (Lipinski definition) is 5. The second kappa shape index (κ2) is 8.80. The number of amides is 1. The van der Waals surface area contributed by atoms with E-state index >= 15 is 0 Å². The van der Waals surface area contributed by atoms with E-state index in [1.54, 1.807) is 0 Å². The molecule has 2 N–H and O–H groups in total. The number of carbonyl (C=O) groups is 1. The van der Waals surface area contributed by atoms with Gasteiger partial charge in [0.05, 0.1) is 0 Å². The Morgan fingerprint density at radius 1 is 1.06 bits per heavy atom. The molecule has 0 spiro atoms. The minimum absolute atomic E-state index is 0.137. The Morgan fingerprint density at radius 2 is 1.83 bits per heavy atom. The number of carbonyl (C=O) groups excluding carboxylic acids is 1. The molecule has 5 heterocycles. The molecule has 2 atom stereocenters. The molecule has 2 saturated heterocycles. The van der Waals surface area contributed by atoms with Crippen LogP contribution in [-0.4, -0.2) is 42.8 Å². The first-order chi connectivity index (χ1) is 17.0. The number of aromatic amines is 1. The summed E-state index contributed by atoms with van der Waals surface area (Å²) in [5.74, 6) is 1.28. The fourth-order valence-corrected chi connectivity index (χ4v) is 6.09. The lowest BCUT2D eigenvalue weighted by atomic mass is 9.85. The fraction of sp³-hybridized carbons (Fsp3) is 0.357. The highest BCUT2D eigenvalue weighted by Gasteiger charge is 2.43. The van der Waals surface area contributed by atoms with Crippen LogP contribution in [0.15, 0.2) is 54.9 Å².